The lowest BCUT2D eigenvalue weighted by Gasteiger charge is -1.83. The summed E-state index contributed by atoms with van der Waals surface area (Å²) in [5.74, 6) is -2.51. The zero-order valence-corrected chi connectivity index (χ0v) is 7.70. The highest BCUT2D eigenvalue weighted by Gasteiger charge is 1.88. The van der Waals surface area contributed by atoms with Crippen molar-refractivity contribution >= 4 is 17.6 Å². The first kappa shape index (κ1) is 12.6. The quantitative estimate of drug-likeness (QED) is 0.608. The van der Waals surface area contributed by atoms with Crippen molar-refractivity contribution in [1.82, 2.24) is 4.98 Å². The van der Waals surface area contributed by atoms with Gasteiger partial charge in [0.1, 0.15) is 0 Å². The summed E-state index contributed by atoms with van der Waals surface area (Å²) in [5, 5.41) is 15.6. The SMILES string of the molecule is Nc1cccnc1.O=C(O)/C=C/C(=O)O. The molecule has 1 rings (SSSR count). The molecule has 15 heavy (non-hydrogen) atoms. The summed E-state index contributed by atoms with van der Waals surface area (Å²) in [6.45, 7) is 0. The topological polar surface area (TPSA) is 114 Å². The first-order valence-corrected chi connectivity index (χ1v) is 3.82. The van der Waals surface area contributed by atoms with E-state index in [-0.39, 0.29) is 0 Å². The molecular weight excluding hydrogens is 200 g/mol. The van der Waals surface area contributed by atoms with Gasteiger partial charge in [0.25, 0.3) is 0 Å². The second-order valence-electron chi connectivity index (χ2n) is 2.30. The zero-order valence-electron chi connectivity index (χ0n) is 7.70. The minimum absolute atomic E-state index is 0.558. The van der Waals surface area contributed by atoms with Crippen LogP contribution in [0.3, 0.4) is 0 Å². The van der Waals surface area contributed by atoms with Gasteiger partial charge in [-0.2, -0.15) is 0 Å². The normalized spacial score (nSPS) is 9.07. The van der Waals surface area contributed by atoms with Gasteiger partial charge in [0.05, 0.1) is 5.69 Å². The Labute approximate surface area is 85.7 Å². The fourth-order valence-corrected chi connectivity index (χ4v) is 0.519. The van der Waals surface area contributed by atoms with E-state index in [9.17, 15) is 9.59 Å². The van der Waals surface area contributed by atoms with Gasteiger partial charge in [-0.1, -0.05) is 0 Å². The van der Waals surface area contributed by atoms with Crippen LogP contribution >= 0.6 is 0 Å². The second kappa shape index (κ2) is 7.07. The number of carbonyl (C=O) groups is 2. The number of pyridine rings is 1. The maximum atomic E-state index is 9.55. The third kappa shape index (κ3) is 9.54. The number of carboxylic acid groups (broad SMARTS) is 2. The van der Waals surface area contributed by atoms with Crippen LogP contribution in [0.2, 0.25) is 0 Å². The third-order valence-electron chi connectivity index (χ3n) is 1.05. The van der Waals surface area contributed by atoms with Crippen molar-refractivity contribution in [2.24, 2.45) is 0 Å². The van der Waals surface area contributed by atoms with E-state index in [0.29, 0.717) is 17.8 Å². The maximum Gasteiger partial charge on any atom is 0.328 e. The largest absolute Gasteiger partial charge is 0.478 e. The standard InChI is InChI=1S/C5H6N2.C4H4O4/c6-5-2-1-3-7-4-5;5-3(6)1-2-4(7)8/h1-4H,6H2;1-2H,(H,5,6)(H,7,8)/b;2-1+. The summed E-state index contributed by atoms with van der Waals surface area (Å²) in [5.41, 5.74) is 6.01. The molecule has 0 saturated carbocycles. The minimum Gasteiger partial charge on any atom is -0.478 e. The molecule has 0 aliphatic rings. The van der Waals surface area contributed by atoms with Gasteiger partial charge >= 0.3 is 11.9 Å². The number of aliphatic carboxylic acids is 2. The van der Waals surface area contributed by atoms with Gasteiger partial charge in [0.2, 0.25) is 0 Å². The molecule has 0 aliphatic heterocycles. The molecule has 0 amide bonds. The highest BCUT2D eigenvalue weighted by atomic mass is 16.4. The molecule has 80 valence electrons. The summed E-state index contributed by atoms with van der Waals surface area (Å²) in [6.07, 6.45) is 4.42. The van der Waals surface area contributed by atoms with Crippen LogP contribution in [0.25, 0.3) is 0 Å². The van der Waals surface area contributed by atoms with Gasteiger partial charge in [-0.15, -0.1) is 0 Å². The fraction of sp³-hybridized carbons (Fsp3) is 0. The Kier molecular flexibility index (Phi) is 5.96. The van der Waals surface area contributed by atoms with Gasteiger partial charge < -0.3 is 15.9 Å². The monoisotopic (exact) mass is 210 g/mol. The van der Waals surface area contributed by atoms with E-state index in [4.69, 9.17) is 15.9 Å². The maximum absolute atomic E-state index is 9.55. The smallest absolute Gasteiger partial charge is 0.328 e. The molecule has 0 aliphatic carbocycles. The molecule has 6 nitrogen and oxygen atoms in total. The molecule has 0 unspecified atom stereocenters. The van der Waals surface area contributed by atoms with E-state index < -0.39 is 11.9 Å². The Bertz CT molecular complexity index is 332. The summed E-state index contributed by atoms with van der Waals surface area (Å²) < 4.78 is 0. The van der Waals surface area contributed by atoms with Crippen LogP contribution in [0.15, 0.2) is 36.7 Å². The molecule has 0 bridgehead atoms. The fourth-order valence-electron chi connectivity index (χ4n) is 0.519. The van der Waals surface area contributed by atoms with E-state index in [1.807, 2.05) is 0 Å². The Hall–Kier alpha value is -2.37. The Morgan fingerprint density at radius 1 is 1.27 bits per heavy atom. The van der Waals surface area contributed by atoms with E-state index in [1.165, 1.54) is 0 Å². The highest BCUT2D eigenvalue weighted by Crippen LogP contribution is 1.92. The van der Waals surface area contributed by atoms with Crippen molar-refractivity contribution in [3.05, 3.63) is 36.7 Å². The molecule has 1 aromatic heterocycles. The summed E-state index contributed by atoms with van der Waals surface area (Å²) >= 11 is 0. The number of carboxylic acids is 2. The third-order valence-corrected chi connectivity index (χ3v) is 1.05. The number of hydrogen-bond donors (Lipinski definition) is 3. The van der Waals surface area contributed by atoms with E-state index in [0.717, 1.165) is 0 Å². The lowest BCUT2D eigenvalue weighted by molar-refractivity contribution is -0.134. The van der Waals surface area contributed by atoms with Crippen molar-refractivity contribution < 1.29 is 19.8 Å². The molecular formula is C9H10N2O4. The molecule has 0 saturated heterocycles. The molecule has 1 aromatic rings. The average Bonchev–Trinajstić information content (AvgIpc) is 2.17. The molecule has 0 spiro atoms. The van der Waals surface area contributed by atoms with Crippen molar-refractivity contribution in [3.8, 4) is 0 Å². The van der Waals surface area contributed by atoms with Crippen LogP contribution in [0.1, 0.15) is 0 Å². The minimum atomic E-state index is -1.26. The molecule has 0 radical (unpaired) electrons. The van der Waals surface area contributed by atoms with Crippen LogP contribution in [-0.2, 0) is 9.59 Å². The van der Waals surface area contributed by atoms with Crippen LogP contribution in [0.4, 0.5) is 5.69 Å². The second-order valence-corrected chi connectivity index (χ2v) is 2.30. The lowest BCUT2D eigenvalue weighted by Crippen LogP contribution is -1.91. The zero-order chi connectivity index (χ0) is 11.7. The van der Waals surface area contributed by atoms with Crippen molar-refractivity contribution in [2.45, 2.75) is 0 Å². The first-order chi connectivity index (χ1) is 7.02. The summed E-state index contributed by atoms with van der Waals surface area (Å²) in [6, 6.07) is 3.60. The number of nitrogens with zero attached hydrogens (tertiary/aromatic N) is 1. The van der Waals surface area contributed by atoms with Gasteiger partial charge in [-0.05, 0) is 12.1 Å². The van der Waals surface area contributed by atoms with Crippen molar-refractivity contribution in [2.75, 3.05) is 5.73 Å². The highest BCUT2D eigenvalue weighted by molar-refractivity contribution is 5.89. The van der Waals surface area contributed by atoms with E-state index in [2.05, 4.69) is 4.98 Å². The van der Waals surface area contributed by atoms with E-state index in [1.54, 1.807) is 24.5 Å². The van der Waals surface area contributed by atoms with Crippen molar-refractivity contribution in [3.63, 3.8) is 0 Å². The Morgan fingerprint density at radius 2 is 1.80 bits per heavy atom. The van der Waals surface area contributed by atoms with Gasteiger partial charge in [0.15, 0.2) is 0 Å². The van der Waals surface area contributed by atoms with Crippen LogP contribution in [0.5, 0.6) is 0 Å². The Balaban J connectivity index is 0.000000262. The molecule has 0 aromatic carbocycles. The molecule has 6 heteroatoms. The number of hydrogen-bond acceptors (Lipinski definition) is 4. The number of anilines is 1. The predicted octanol–water partition coefficient (Wildman–Crippen LogP) is 0.376. The number of nitrogens with two attached hydrogens (primary N) is 1. The summed E-state index contributed by atoms with van der Waals surface area (Å²) in [7, 11) is 0. The number of rotatable bonds is 2. The average molecular weight is 210 g/mol. The van der Waals surface area contributed by atoms with Crippen LogP contribution in [0, 0.1) is 0 Å². The van der Waals surface area contributed by atoms with Gasteiger partial charge in [-0.3, -0.25) is 4.98 Å². The van der Waals surface area contributed by atoms with Crippen molar-refractivity contribution in [1.29, 1.82) is 0 Å². The molecule has 4 N–H and O–H groups in total. The van der Waals surface area contributed by atoms with Crippen LogP contribution in [-0.4, -0.2) is 27.1 Å². The number of nitrogen functional groups attached to an aromatic ring is 1. The van der Waals surface area contributed by atoms with E-state index >= 15 is 0 Å². The van der Waals surface area contributed by atoms with Gasteiger partial charge in [0, 0.05) is 24.5 Å². The predicted molar refractivity (Wildman–Crippen MR) is 53.1 cm³/mol. The lowest BCUT2D eigenvalue weighted by atomic mass is 10.4. The molecule has 0 atom stereocenters. The van der Waals surface area contributed by atoms with Gasteiger partial charge in [-0.25, -0.2) is 9.59 Å². The molecule has 0 fully saturated rings. The van der Waals surface area contributed by atoms with Crippen LogP contribution < -0.4 is 5.73 Å². The molecule has 1 heterocycles. The Morgan fingerprint density at radius 3 is 2.00 bits per heavy atom. The summed E-state index contributed by atoms with van der Waals surface area (Å²) in [4.78, 5) is 22.9. The first-order valence-electron chi connectivity index (χ1n) is 3.82. The number of aromatic nitrogens is 1.